The summed E-state index contributed by atoms with van der Waals surface area (Å²) in [6.07, 6.45) is 8.07. The van der Waals surface area contributed by atoms with Crippen LogP contribution in [0, 0.1) is 5.92 Å². The van der Waals surface area contributed by atoms with Crippen molar-refractivity contribution < 1.29 is 9.53 Å². The highest BCUT2D eigenvalue weighted by molar-refractivity contribution is 7.16. The summed E-state index contributed by atoms with van der Waals surface area (Å²) in [5.74, 6) is 1.04. The first-order valence-electron chi connectivity index (χ1n) is 11.8. The van der Waals surface area contributed by atoms with Crippen LogP contribution in [0.3, 0.4) is 0 Å². The summed E-state index contributed by atoms with van der Waals surface area (Å²) in [5, 5.41) is 6.48. The molecular formula is C27H28Cl3N3O2S. The molecule has 0 aliphatic heterocycles. The highest BCUT2D eigenvalue weighted by atomic mass is 35.6. The van der Waals surface area contributed by atoms with Gasteiger partial charge in [-0.2, -0.15) is 0 Å². The Morgan fingerprint density at radius 1 is 1.14 bits per heavy atom. The van der Waals surface area contributed by atoms with Gasteiger partial charge in [0.15, 0.2) is 5.13 Å². The molecule has 2 N–H and O–H groups in total. The van der Waals surface area contributed by atoms with E-state index in [1.165, 1.54) is 48.0 Å². The molecule has 0 saturated heterocycles. The van der Waals surface area contributed by atoms with Crippen LogP contribution in [0.15, 0.2) is 60.7 Å². The largest absolute Gasteiger partial charge is 0.497 e. The molecular weight excluding hydrogens is 537 g/mol. The molecule has 1 heterocycles. The van der Waals surface area contributed by atoms with Crippen LogP contribution < -0.4 is 15.4 Å². The Hall–Kier alpha value is -2.25. The van der Waals surface area contributed by atoms with E-state index in [0.29, 0.717) is 11.0 Å². The number of hydrogen-bond donors (Lipinski definition) is 2. The number of ether oxygens (including phenoxy) is 1. The summed E-state index contributed by atoms with van der Waals surface area (Å²) in [6.45, 7) is 0. The second-order valence-electron chi connectivity index (χ2n) is 8.75. The number of benzene rings is 2. The molecule has 0 spiro atoms. The number of halogens is 3. The summed E-state index contributed by atoms with van der Waals surface area (Å²) < 4.78 is 3.51. The molecule has 190 valence electrons. The Morgan fingerprint density at radius 2 is 1.83 bits per heavy atom. The number of rotatable bonds is 9. The molecule has 3 aromatic rings. The maximum Gasteiger partial charge on any atom is 0.245 e. The summed E-state index contributed by atoms with van der Waals surface area (Å²) in [5.41, 5.74) is 2.79. The predicted octanol–water partition coefficient (Wildman–Crippen LogP) is 7.49. The first kappa shape index (κ1) is 26.8. The number of anilines is 1. The van der Waals surface area contributed by atoms with Crippen molar-refractivity contribution in [2.24, 2.45) is 5.92 Å². The summed E-state index contributed by atoms with van der Waals surface area (Å²) >= 11 is 20.2. The number of nitrogens with one attached hydrogen (secondary N) is 2. The van der Waals surface area contributed by atoms with Crippen LogP contribution in [0.2, 0.25) is 0 Å². The highest BCUT2D eigenvalue weighted by Gasteiger charge is 2.35. The molecule has 2 aromatic carbocycles. The van der Waals surface area contributed by atoms with E-state index >= 15 is 0 Å². The normalized spacial score (nSPS) is 15.2. The molecule has 1 aromatic heterocycles. The fourth-order valence-corrected chi connectivity index (χ4v) is 5.71. The van der Waals surface area contributed by atoms with Gasteiger partial charge in [0.25, 0.3) is 0 Å². The van der Waals surface area contributed by atoms with Crippen LogP contribution >= 0.6 is 46.1 Å². The number of carbonyl (C=O) groups excluding carboxylic acids is 1. The molecule has 1 amide bonds. The summed E-state index contributed by atoms with van der Waals surface area (Å²) in [6, 6.07) is 17.3. The SMILES string of the molecule is COc1ccc(-c2nc(NC(NC(=O)C=Cc3ccccc3)C(Cl)(Cl)Cl)sc2CC2CCCC2)cc1. The minimum Gasteiger partial charge on any atom is -0.497 e. The van der Waals surface area contributed by atoms with E-state index in [9.17, 15) is 4.79 Å². The van der Waals surface area contributed by atoms with Crippen molar-refractivity contribution in [2.75, 3.05) is 12.4 Å². The van der Waals surface area contributed by atoms with Gasteiger partial charge in [0, 0.05) is 16.5 Å². The van der Waals surface area contributed by atoms with Gasteiger partial charge in [-0.15, -0.1) is 11.3 Å². The van der Waals surface area contributed by atoms with E-state index in [0.717, 1.165) is 29.0 Å². The van der Waals surface area contributed by atoms with Crippen LogP contribution in [0.25, 0.3) is 17.3 Å². The van der Waals surface area contributed by atoms with Crippen molar-refractivity contribution in [3.8, 4) is 17.0 Å². The van der Waals surface area contributed by atoms with Gasteiger partial charge >= 0.3 is 0 Å². The van der Waals surface area contributed by atoms with Crippen molar-refractivity contribution in [3.63, 3.8) is 0 Å². The quantitative estimate of drug-likeness (QED) is 0.161. The smallest absolute Gasteiger partial charge is 0.245 e. The predicted molar refractivity (Wildman–Crippen MR) is 151 cm³/mol. The molecule has 0 radical (unpaired) electrons. The number of methoxy groups -OCH3 is 1. The monoisotopic (exact) mass is 563 g/mol. The van der Waals surface area contributed by atoms with E-state index in [2.05, 4.69) is 10.6 Å². The molecule has 1 saturated carbocycles. The molecule has 1 fully saturated rings. The Kier molecular flexibility index (Phi) is 9.18. The number of hydrogen-bond acceptors (Lipinski definition) is 5. The van der Waals surface area contributed by atoms with Gasteiger partial charge in [0.05, 0.1) is 12.8 Å². The minimum atomic E-state index is -1.80. The number of thiazole rings is 1. The zero-order valence-electron chi connectivity index (χ0n) is 19.8. The fraction of sp³-hybridized carbons (Fsp3) is 0.333. The Balaban J connectivity index is 1.55. The van der Waals surface area contributed by atoms with E-state index in [1.54, 1.807) is 13.2 Å². The lowest BCUT2D eigenvalue weighted by Crippen LogP contribution is -2.48. The number of amides is 1. The zero-order chi connectivity index (χ0) is 25.5. The van der Waals surface area contributed by atoms with Crippen LogP contribution in [0.5, 0.6) is 5.75 Å². The van der Waals surface area contributed by atoms with Gasteiger partial charge < -0.3 is 15.4 Å². The van der Waals surface area contributed by atoms with Crippen molar-refractivity contribution >= 4 is 63.3 Å². The zero-order valence-corrected chi connectivity index (χ0v) is 22.9. The standard InChI is InChI=1S/C27H28Cl3N3O2S/c1-35-21-14-12-20(13-15-21)24-22(17-19-9-5-6-10-19)36-26(32-24)33-25(27(28,29)30)31-23(34)16-11-18-7-3-2-4-8-18/h2-4,7-8,11-16,19,25H,5-6,9-10,17H2,1H3,(H,31,34)(H,32,33). The van der Waals surface area contributed by atoms with Crippen molar-refractivity contribution in [3.05, 3.63) is 71.1 Å². The van der Waals surface area contributed by atoms with E-state index in [1.807, 2.05) is 54.6 Å². The van der Waals surface area contributed by atoms with Crippen LogP contribution in [0.4, 0.5) is 5.13 Å². The number of aromatic nitrogens is 1. The Morgan fingerprint density at radius 3 is 2.47 bits per heavy atom. The molecule has 4 rings (SSSR count). The van der Waals surface area contributed by atoms with Gasteiger partial charge in [-0.25, -0.2) is 4.98 Å². The Bertz CT molecular complexity index is 1170. The van der Waals surface area contributed by atoms with Crippen molar-refractivity contribution in [2.45, 2.75) is 42.1 Å². The molecule has 9 heteroatoms. The molecule has 1 aliphatic rings. The molecule has 1 atom stereocenters. The third-order valence-corrected chi connectivity index (χ3v) is 7.78. The number of alkyl halides is 3. The van der Waals surface area contributed by atoms with Gasteiger partial charge in [-0.05, 0) is 48.2 Å². The van der Waals surface area contributed by atoms with E-state index < -0.39 is 9.96 Å². The third kappa shape index (κ3) is 7.39. The molecule has 1 unspecified atom stereocenters. The van der Waals surface area contributed by atoms with Crippen molar-refractivity contribution in [1.82, 2.24) is 10.3 Å². The third-order valence-electron chi connectivity index (χ3n) is 6.12. The maximum absolute atomic E-state index is 12.6. The van der Waals surface area contributed by atoms with Crippen LogP contribution in [-0.2, 0) is 11.2 Å². The van der Waals surface area contributed by atoms with Gasteiger partial charge in [0.2, 0.25) is 9.70 Å². The van der Waals surface area contributed by atoms with E-state index in [4.69, 9.17) is 44.5 Å². The lowest BCUT2D eigenvalue weighted by atomic mass is 10.0. The highest BCUT2D eigenvalue weighted by Crippen LogP contribution is 2.39. The average Bonchev–Trinajstić information content (AvgIpc) is 3.53. The lowest BCUT2D eigenvalue weighted by molar-refractivity contribution is -0.116. The lowest BCUT2D eigenvalue weighted by Gasteiger charge is -2.25. The van der Waals surface area contributed by atoms with Crippen LogP contribution in [-0.4, -0.2) is 28.0 Å². The molecule has 36 heavy (non-hydrogen) atoms. The fourth-order valence-electron chi connectivity index (χ4n) is 4.25. The molecule has 5 nitrogen and oxygen atoms in total. The second kappa shape index (κ2) is 12.3. The first-order chi connectivity index (χ1) is 17.3. The number of carbonyl (C=O) groups is 1. The Labute approximate surface area is 230 Å². The minimum absolute atomic E-state index is 0.388. The van der Waals surface area contributed by atoms with Gasteiger partial charge in [-0.1, -0.05) is 90.8 Å². The van der Waals surface area contributed by atoms with Crippen molar-refractivity contribution in [1.29, 1.82) is 0 Å². The van der Waals surface area contributed by atoms with E-state index in [-0.39, 0.29) is 5.91 Å². The second-order valence-corrected chi connectivity index (χ2v) is 12.2. The summed E-state index contributed by atoms with van der Waals surface area (Å²) in [7, 11) is 1.64. The number of nitrogens with zero attached hydrogens (tertiary/aromatic N) is 1. The average molecular weight is 565 g/mol. The van der Waals surface area contributed by atoms with Crippen LogP contribution in [0.1, 0.15) is 36.1 Å². The molecule has 0 bridgehead atoms. The summed E-state index contributed by atoms with van der Waals surface area (Å²) in [4.78, 5) is 18.6. The first-order valence-corrected chi connectivity index (χ1v) is 13.8. The molecule has 1 aliphatic carbocycles. The maximum atomic E-state index is 12.6. The van der Waals surface area contributed by atoms with Gasteiger partial charge in [0.1, 0.15) is 11.9 Å². The van der Waals surface area contributed by atoms with Gasteiger partial charge in [-0.3, -0.25) is 4.79 Å². The topological polar surface area (TPSA) is 63.2 Å².